The molecule has 2 atom stereocenters. The van der Waals surface area contributed by atoms with Crippen LogP contribution in [0.5, 0.6) is 0 Å². The van der Waals surface area contributed by atoms with Gasteiger partial charge >= 0.3 is 5.97 Å². The van der Waals surface area contributed by atoms with Gasteiger partial charge in [0.15, 0.2) is 0 Å². The van der Waals surface area contributed by atoms with Crippen molar-refractivity contribution in [1.82, 2.24) is 4.31 Å². The van der Waals surface area contributed by atoms with E-state index in [1.165, 1.54) is 4.31 Å². The Morgan fingerprint density at radius 3 is 2.62 bits per heavy atom. The molecule has 1 heterocycles. The highest BCUT2D eigenvalue weighted by molar-refractivity contribution is 7.89. The highest BCUT2D eigenvalue weighted by Gasteiger charge is 2.35. The average Bonchev–Trinajstić information content (AvgIpc) is 2.41. The molecule has 0 aromatic heterocycles. The molecule has 0 bridgehead atoms. The van der Waals surface area contributed by atoms with Crippen molar-refractivity contribution in [2.75, 3.05) is 6.54 Å². The van der Waals surface area contributed by atoms with Gasteiger partial charge in [-0.05, 0) is 43.9 Å². The molecule has 0 radical (unpaired) electrons. The summed E-state index contributed by atoms with van der Waals surface area (Å²) in [6.45, 7) is 4.04. The Kier molecular flexibility index (Phi) is 4.34. The van der Waals surface area contributed by atoms with Crippen molar-refractivity contribution in [3.05, 3.63) is 29.6 Å². The third kappa shape index (κ3) is 3.08. The van der Waals surface area contributed by atoms with Gasteiger partial charge in [-0.25, -0.2) is 17.6 Å². The number of hydrogen-bond donors (Lipinski definition) is 1. The SMILES string of the molecule is CC1CCC(C)N(S(=O)(=O)c2cc(C(=O)O)ccc2F)C1. The van der Waals surface area contributed by atoms with Gasteiger partial charge < -0.3 is 5.11 Å². The van der Waals surface area contributed by atoms with Gasteiger partial charge in [-0.15, -0.1) is 0 Å². The van der Waals surface area contributed by atoms with Gasteiger partial charge in [0.1, 0.15) is 10.7 Å². The van der Waals surface area contributed by atoms with Crippen molar-refractivity contribution in [1.29, 1.82) is 0 Å². The molecule has 1 aromatic carbocycles. The van der Waals surface area contributed by atoms with Crippen LogP contribution in [0, 0.1) is 11.7 Å². The van der Waals surface area contributed by atoms with Gasteiger partial charge in [-0.3, -0.25) is 0 Å². The van der Waals surface area contributed by atoms with Crippen LogP contribution in [0.15, 0.2) is 23.1 Å². The molecule has 0 amide bonds. The number of carbonyl (C=O) groups is 1. The molecule has 0 aliphatic carbocycles. The first-order chi connectivity index (χ1) is 9.73. The van der Waals surface area contributed by atoms with Crippen LogP contribution >= 0.6 is 0 Å². The maximum Gasteiger partial charge on any atom is 0.335 e. The molecule has 7 heteroatoms. The van der Waals surface area contributed by atoms with Gasteiger partial charge in [0, 0.05) is 12.6 Å². The molecule has 116 valence electrons. The number of sulfonamides is 1. The summed E-state index contributed by atoms with van der Waals surface area (Å²) in [6.07, 6.45) is 1.63. The number of carboxylic acids is 1. The van der Waals surface area contributed by atoms with Crippen molar-refractivity contribution in [2.24, 2.45) is 5.92 Å². The average molecular weight is 315 g/mol. The number of aromatic carboxylic acids is 1. The number of benzene rings is 1. The first-order valence-corrected chi connectivity index (χ1v) is 8.22. The van der Waals surface area contributed by atoms with Crippen molar-refractivity contribution < 1.29 is 22.7 Å². The van der Waals surface area contributed by atoms with Gasteiger partial charge in [-0.1, -0.05) is 6.92 Å². The predicted molar refractivity (Wildman–Crippen MR) is 75.1 cm³/mol. The van der Waals surface area contributed by atoms with Gasteiger partial charge in [0.25, 0.3) is 0 Å². The Morgan fingerprint density at radius 1 is 1.33 bits per heavy atom. The third-order valence-electron chi connectivity index (χ3n) is 3.83. The molecular formula is C14H18FNO4S. The Labute approximate surface area is 123 Å². The van der Waals surface area contributed by atoms with Crippen LogP contribution in [0.2, 0.25) is 0 Å². The predicted octanol–water partition coefficient (Wildman–Crippen LogP) is 2.33. The summed E-state index contributed by atoms with van der Waals surface area (Å²) >= 11 is 0. The Morgan fingerprint density at radius 2 is 2.00 bits per heavy atom. The minimum absolute atomic E-state index is 0.196. The number of halogens is 1. The van der Waals surface area contributed by atoms with E-state index in [1.54, 1.807) is 6.92 Å². The van der Waals surface area contributed by atoms with Crippen LogP contribution in [-0.2, 0) is 10.0 Å². The quantitative estimate of drug-likeness (QED) is 0.929. The second kappa shape index (κ2) is 5.73. The zero-order valence-electron chi connectivity index (χ0n) is 11.9. The van der Waals surface area contributed by atoms with Crippen LogP contribution in [0.1, 0.15) is 37.0 Å². The second-order valence-corrected chi connectivity index (χ2v) is 7.42. The van der Waals surface area contributed by atoms with Gasteiger partial charge in [-0.2, -0.15) is 4.31 Å². The highest BCUT2D eigenvalue weighted by atomic mass is 32.2. The summed E-state index contributed by atoms with van der Waals surface area (Å²) in [7, 11) is -4.04. The monoisotopic (exact) mass is 315 g/mol. The van der Waals surface area contributed by atoms with E-state index in [2.05, 4.69) is 0 Å². The topological polar surface area (TPSA) is 74.7 Å². The lowest BCUT2D eigenvalue weighted by Crippen LogP contribution is -2.45. The fourth-order valence-corrected chi connectivity index (χ4v) is 4.42. The first kappa shape index (κ1) is 15.9. The van der Waals surface area contributed by atoms with E-state index < -0.39 is 26.7 Å². The molecule has 0 saturated carbocycles. The van der Waals surface area contributed by atoms with Crippen LogP contribution in [0.25, 0.3) is 0 Å². The van der Waals surface area contributed by atoms with E-state index in [4.69, 9.17) is 5.11 Å². The van der Waals surface area contributed by atoms with E-state index in [9.17, 15) is 17.6 Å². The highest BCUT2D eigenvalue weighted by Crippen LogP contribution is 2.29. The molecule has 1 N–H and O–H groups in total. The van der Waals surface area contributed by atoms with Crippen molar-refractivity contribution in [2.45, 2.75) is 37.6 Å². The van der Waals surface area contributed by atoms with E-state index in [-0.39, 0.29) is 17.5 Å². The van der Waals surface area contributed by atoms with E-state index in [1.807, 2.05) is 6.92 Å². The number of nitrogens with zero attached hydrogens (tertiary/aromatic N) is 1. The minimum atomic E-state index is -4.04. The Balaban J connectivity index is 2.48. The summed E-state index contributed by atoms with van der Waals surface area (Å²) in [5, 5.41) is 8.94. The number of piperidine rings is 1. The van der Waals surface area contributed by atoms with Crippen molar-refractivity contribution >= 4 is 16.0 Å². The molecule has 5 nitrogen and oxygen atoms in total. The molecule has 1 fully saturated rings. The summed E-state index contributed by atoms with van der Waals surface area (Å²) < 4.78 is 40.4. The lowest BCUT2D eigenvalue weighted by atomic mass is 9.97. The number of rotatable bonds is 3. The molecular weight excluding hydrogens is 297 g/mol. The van der Waals surface area contributed by atoms with Crippen LogP contribution in [-0.4, -0.2) is 36.4 Å². The molecule has 1 aliphatic rings. The fourth-order valence-electron chi connectivity index (χ4n) is 2.54. The molecule has 21 heavy (non-hydrogen) atoms. The van der Waals surface area contributed by atoms with Gasteiger partial charge in [0.2, 0.25) is 10.0 Å². The van der Waals surface area contributed by atoms with Crippen molar-refractivity contribution in [3.63, 3.8) is 0 Å². The molecule has 1 saturated heterocycles. The summed E-state index contributed by atoms with van der Waals surface area (Å²) in [4.78, 5) is 10.4. The van der Waals surface area contributed by atoms with Crippen LogP contribution in [0.3, 0.4) is 0 Å². The normalized spacial score (nSPS) is 24.0. The maximum atomic E-state index is 13.9. The zero-order chi connectivity index (χ0) is 15.8. The third-order valence-corrected chi connectivity index (χ3v) is 5.82. The fraction of sp³-hybridized carbons (Fsp3) is 0.500. The molecule has 1 aromatic rings. The molecule has 2 rings (SSSR count). The smallest absolute Gasteiger partial charge is 0.335 e. The lowest BCUT2D eigenvalue weighted by molar-refractivity contribution is 0.0696. The first-order valence-electron chi connectivity index (χ1n) is 6.78. The van der Waals surface area contributed by atoms with E-state index in [0.717, 1.165) is 24.6 Å². The molecule has 0 spiro atoms. The Hall–Kier alpha value is -1.47. The number of hydrogen-bond acceptors (Lipinski definition) is 3. The van der Waals surface area contributed by atoms with Crippen molar-refractivity contribution in [3.8, 4) is 0 Å². The maximum absolute atomic E-state index is 13.9. The van der Waals surface area contributed by atoms with E-state index in [0.29, 0.717) is 13.0 Å². The second-order valence-electron chi connectivity index (χ2n) is 5.56. The van der Waals surface area contributed by atoms with Crippen LogP contribution < -0.4 is 0 Å². The zero-order valence-corrected chi connectivity index (χ0v) is 12.7. The molecule has 1 aliphatic heterocycles. The van der Waals surface area contributed by atoms with Gasteiger partial charge in [0.05, 0.1) is 5.56 Å². The summed E-state index contributed by atoms with van der Waals surface area (Å²) in [5.74, 6) is -2.02. The summed E-state index contributed by atoms with van der Waals surface area (Å²) in [6, 6.07) is 2.60. The number of carboxylic acid groups (broad SMARTS) is 1. The largest absolute Gasteiger partial charge is 0.478 e. The molecule has 2 unspecified atom stereocenters. The Bertz CT molecular complexity index is 659. The lowest BCUT2D eigenvalue weighted by Gasteiger charge is -2.35. The summed E-state index contributed by atoms with van der Waals surface area (Å²) in [5.41, 5.74) is -0.243. The van der Waals surface area contributed by atoms with E-state index >= 15 is 0 Å². The van der Waals surface area contributed by atoms with Crippen LogP contribution in [0.4, 0.5) is 4.39 Å². The minimum Gasteiger partial charge on any atom is -0.478 e. The standard InChI is InChI=1S/C14H18FNO4S/c1-9-3-4-10(2)16(8-9)21(19,20)13-7-11(14(17)18)5-6-12(13)15/h5-7,9-10H,3-4,8H2,1-2H3,(H,17,18).